The van der Waals surface area contributed by atoms with Crippen molar-refractivity contribution in [1.82, 2.24) is 25.1 Å². The highest BCUT2D eigenvalue weighted by Crippen LogP contribution is 2.46. The van der Waals surface area contributed by atoms with E-state index >= 15 is 4.39 Å². The normalized spacial score (nSPS) is 29.5. The minimum atomic E-state index is -1.08. The fourth-order valence-corrected chi connectivity index (χ4v) is 6.83. The van der Waals surface area contributed by atoms with E-state index < -0.39 is 5.67 Å². The molecule has 0 spiro atoms. The molecule has 2 aromatic heterocycles. The SMILES string of the molecule is CC1CN(CC2(F)CCNCC2)CC(C)C1n1cc(C2CC2)c2cc(N3CCC(=O)NC3=O)cnc21. The number of carbonyl (C=O) groups excluding carboxylic acids is 2. The van der Waals surface area contributed by atoms with Crippen molar-refractivity contribution >= 4 is 28.7 Å². The van der Waals surface area contributed by atoms with Gasteiger partial charge in [-0.1, -0.05) is 13.8 Å². The van der Waals surface area contributed by atoms with Crippen LogP contribution < -0.4 is 15.5 Å². The summed E-state index contributed by atoms with van der Waals surface area (Å²) in [6.07, 6.45) is 7.91. The van der Waals surface area contributed by atoms with Crippen molar-refractivity contribution in [3.05, 3.63) is 24.0 Å². The molecule has 3 saturated heterocycles. The van der Waals surface area contributed by atoms with E-state index in [0.717, 1.165) is 42.9 Å². The van der Waals surface area contributed by atoms with E-state index in [2.05, 4.69) is 46.2 Å². The van der Waals surface area contributed by atoms with Crippen LogP contribution in [0, 0.1) is 11.8 Å². The molecule has 1 saturated carbocycles. The Bertz CT molecular complexity index is 1160. The van der Waals surface area contributed by atoms with Crippen LogP contribution in [0.15, 0.2) is 18.5 Å². The number of amides is 3. The maximum absolute atomic E-state index is 15.4. The fraction of sp³-hybridized carbons (Fsp3) is 0.667. The largest absolute Gasteiger partial charge is 0.329 e. The Morgan fingerprint density at radius 2 is 1.86 bits per heavy atom. The van der Waals surface area contributed by atoms with Gasteiger partial charge in [0.25, 0.3) is 0 Å². The van der Waals surface area contributed by atoms with E-state index in [1.807, 2.05) is 0 Å². The molecule has 6 rings (SSSR count). The molecule has 2 N–H and O–H groups in total. The number of imide groups is 1. The van der Waals surface area contributed by atoms with Crippen LogP contribution in [-0.4, -0.2) is 71.3 Å². The number of fused-ring (bicyclic) bond motifs is 1. The summed E-state index contributed by atoms with van der Waals surface area (Å²) in [5.74, 6) is 1.03. The molecule has 2 unspecified atom stereocenters. The molecule has 5 heterocycles. The van der Waals surface area contributed by atoms with Gasteiger partial charge in [0, 0.05) is 50.2 Å². The number of hydrogen-bond donors (Lipinski definition) is 2. The summed E-state index contributed by atoms with van der Waals surface area (Å²) in [7, 11) is 0. The second-order valence-corrected chi connectivity index (χ2v) is 11.6. The van der Waals surface area contributed by atoms with E-state index in [1.54, 1.807) is 11.1 Å². The molecule has 4 aliphatic rings. The second-order valence-electron chi connectivity index (χ2n) is 11.6. The minimum absolute atomic E-state index is 0.233. The van der Waals surface area contributed by atoms with Gasteiger partial charge < -0.3 is 9.88 Å². The standard InChI is InChI=1S/C27H37FN6O2/c1-17-13-32(16-27(28)6-8-29-9-7-27)14-18(2)24(17)34-15-22(19-3-4-19)21-11-20(12-30-25(21)34)33-10-5-23(35)31-26(33)36/h11-12,15,17-19,24,29H,3-10,13-14,16H2,1-2H3,(H,31,35,36). The van der Waals surface area contributed by atoms with Crippen LogP contribution >= 0.6 is 0 Å². The molecule has 3 amide bonds. The molecule has 3 aliphatic heterocycles. The number of halogens is 1. The molecule has 2 atom stereocenters. The lowest BCUT2D eigenvalue weighted by Crippen LogP contribution is -2.52. The molecular weight excluding hydrogens is 459 g/mol. The molecular formula is C27H37FN6O2. The van der Waals surface area contributed by atoms with Crippen molar-refractivity contribution in [3.63, 3.8) is 0 Å². The minimum Gasteiger partial charge on any atom is -0.329 e. The summed E-state index contributed by atoms with van der Waals surface area (Å²) in [6, 6.07) is 1.99. The van der Waals surface area contributed by atoms with Gasteiger partial charge >= 0.3 is 6.03 Å². The third-order valence-corrected chi connectivity index (χ3v) is 8.66. The van der Waals surface area contributed by atoms with Crippen LogP contribution in [0.1, 0.15) is 63.5 Å². The maximum atomic E-state index is 15.4. The molecule has 36 heavy (non-hydrogen) atoms. The molecule has 0 bridgehead atoms. The summed E-state index contributed by atoms with van der Waals surface area (Å²) >= 11 is 0. The zero-order valence-electron chi connectivity index (χ0n) is 21.3. The van der Waals surface area contributed by atoms with E-state index in [0.29, 0.717) is 50.1 Å². The topological polar surface area (TPSA) is 82.5 Å². The van der Waals surface area contributed by atoms with Crippen molar-refractivity contribution in [1.29, 1.82) is 0 Å². The van der Waals surface area contributed by atoms with E-state index in [4.69, 9.17) is 4.98 Å². The highest BCUT2D eigenvalue weighted by Gasteiger charge is 2.40. The lowest BCUT2D eigenvalue weighted by atomic mass is 9.84. The van der Waals surface area contributed by atoms with Crippen molar-refractivity contribution in [2.24, 2.45) is 11.8 Å². The van der Waals surface area contributed by atoms with E-state index in [-0.39, 0.29) is 18.0 Å². The van der Waals surface area contributed by atoms with Gasteiger partial charge in [-0.05, 0) is 68.2 Å². The number of anilines is 1. The van der Waals surface area contributed by atoms with Gasteiger partial charge in [-0.3, -0.25) is 19.9 Å². The predicted octanol–water partition coefficient (Wildman–Crippen LogP) is 3.58. The van der Waals surface area contributed by atoms with Gasteiger partial charge in [-0.2, -0.15) is 0 Å². The number of alkyl halides is 1. The molecule has 0 aromatic carbocycles. The Hall–Kier alpha value is -2.52. The summed E-state index contributed by atoms with van der Waals surface area (Å²) in [4.78, 5) is 32.9. The van der Waals surface area contributed by atoms with Crippen molar-refractivity contribution in [2.75, 3.05) is 44.2 Å². The van der Waals surface area contributed by atoms with Crippen LogP contribution in [0.2, 0.25) is 0 Å². The molecule has 2 aromatic rings. The molecule has 0 radical (unpaired) electrons. The zero-order valence-corrected chi connectivity index (χ0v) is 21.3. The number of urea groups is 1. The number of carbonyl (C=O) groups is 2. The monoisotopic (exact) mass is 496 g/mol. The number of pyridine rings is 1. The third kappa shape index (κ3) is 4.41. The first-order valence-corrected chi connectivity index (χ1v) is 13.6. The van der Waals surface area contributed by atoms with Gasteiger partial charge in [0.2, 0.25) is 5.91 Å². The zero-order chi connectivity index (χ0) is 25.0. The average molecular weight is 497 g/mol. The number of rotatable bonds is 5. The Morgan fingerprint density at radius 3 is 2.53 bits per heavy atom. The van der Waals surface area contributed by atoms with Crippen molar-refractivity contribution < 1.29 is 14.0 Å². The number of nitrogens with zero attached hydrogens (tertiary/aromatic N) is 4. The molecule has 1 aliphatic carbocycles. The predicted molar refractivity (Wildman–Crippen MR) is 137 cm³/mol. The molecule has 4 fully saturated rings. The molecule has 9 heteroatoms. The first-order chi connectivity index (χ1) is 17.3. The lowest BCUT2D eigenvalue weighted by Gasteiger charge is -2.45. The molecule has 194 valence electrons. The van der Waals surface area contributed by atoms with Crippen molar-refractivity contribution in [2.45, 2.75) is 63.6 Å². The van der Waals surface area contributed by atoms with E-state index in [9.17, 15) is 9.59 Å². The number of aromatic nitrogens is 2. The smallest absolute Gasteiger partial charge is 0.328 e. The summed E-state index contributed by atoms with van der Waals surface area (Å²) < 4.78 is 17.8. The summed E-state index contributed by atoms with van der Waals surface area (Å²) in [5, 5.41) is 6.80. The van der Waals surface area contributed by atoms with Gasteiger partial charge in [-0.15, -0.1) is 0 Å². The first-order valence-electron chi connectivity index (χ1n) is 13.6. The highest BCUT2D eigenvalue weighted by molar-refractivity contribution is 6.06. The molecule has 8 nitrogen and oxygen atoms in total. The van der Waals surface area contributed by atoms with Crippen molar-refractivity contribution in [3.8, 4) is 0 Å². The Kier molecular flexibility index (Phi) is 6.03. The van der Waals surface area contributed by atoms with Crippen LogP contribution in [0.3, 0.4) is 0 Å². The van der Waals surface area contributed by atoms with Gasteiger partial charge in [0.05, 0.1) is 11.9 Å². The van der Waals surface area contributed by atoms with Crippen LogP contribution in [0.25, 0.3) is 11.0 Å². The second kappa shape index (κ2) is 9.10. The fourth-order valence-electron chi connectivity index (χ4n) is 6.83. The van der Waals surface area contributed by atoms with Gasteiger partial charge in [0.15, 0.2) is 0 Å². The Labute approximate surface area is 211 Å². The van der Waals surface area contributed by atoms with Crippen LogP contribution in [-0.2, 0) is 4.79 Å². The Balaban J connectivity index is 1.27. The van der Waals surface area contributed by atoms with Gasteiger partial charge in [-0.25, -0.2) is 14.2 Å². The lowest BCUT2D eigenvalue weighted by molar-refractivity contribution is -0.120. The number of hydrogen-bond acceptors (Lipinski definition) is 5. The number of likely N-dealkylation sites (tertiary alicyclic amines) is 1. The quantitative estimate of drug-likeness (QED) is 0.661. The average Bonchev–Trinajstić information content (AvgIpc) is 3.60. The first kappa shape index (κ1) is 23.9. The van der Waals surface area contributed by atoms with Crippen LogP contribution in [0.4, 0.5) is 14.9 Å². The van der Waals surface area contributed by atoms with E-state index in [1.165, 1.54) is 18.4 Å². The maximum Gasteiger partial charge on any atom is 0.328 e. The summed E-state index contributed by atoms with van der Waals surface area (Å²) in [6.45, 7) is 8.76. The third-order valence-electron chi connectivity index (χ3n) is 8.66. The summed E-state index contributed by atoms with van der Waals surface area (Å²) in [5.41, 5.74) is 1.93. The van der Waals surface area contributed by atoms with Crippen LogP contribution in [0.5, 0.6) is 0 Å². The Morgan fingerprint density at radius 1 is 1.14 bits per heavy atom. The number of nitrogens with one attached hydrogen (secondary N) is 2. The number of piperidine rings is 2. The highest BCUT2D eigenvalue weighted by atomic mass is 19.1. The van der Waals surface area contributed by atoms with Gasteiger partial charge in [0.1, 0.15) is 11.3 Å².